The van der Waals surface area contributed by atoms with Gasteiger partial charge in [0.15, 0.2) is 0 Å². The van der Waals surface area contributed by atoms with Crippen LogP contribution in [-0.2, 0) is 5.41 Å². The van der Waals surface area contributed by atoms with Gasteiger partial charge in [0.05, 0.1) is 16.4 Å². The second kappa shape index (κ2) is 12.3. The van der Waals surface area contributed by atoms with E-state index in [-0.39, 0.29) is 0 Å². The van der Waals surface area contributed by atoms with Gasteiger partial charge < -0.3 is 9.47 Å². The molecule has 52 heavy (non-hydrogen) atoms. The van der Waals surface area contributed by atoms with Crippen LogP contribution >= 0.6 is 0 Å². The summed E-state index contributed by atoms with van der Waals surface area (Å²) in [5.74, 6) is 0.468. The number of allylic oxidation sites excluding steroid dienone is 8. The summed E-state index contributed by atoms with van der Waals surface area (Å²) in [7, 11) is 0. The van der Waals surface area contributed by atoms with Crippen molar-refractivity contribution in [1.29, 1.82) is 0 Å². The first-order chi connectivity index (χ1) is 25.7. The maximum Gasteiger partial charge on any atom is 0.0677 e. The Bertz CT molecular complexity index is 2620. The van der Waals surface area contributed by atoms with E-state index in [0.29, 0.717) is 5.92 Å². The highest BCUT2D eigenvalue weighted by atomic mass is 15.1. The number of hydrogen-bond donors (Lipinski definition) is 0. The summed E-state index contributed by atoms with van der Waals surface area (Å²) in [6, 6.07) is 54.3. The highest BCUT2D eigenvalue weighted by Crippen LogP contribution is 2.59. The van der Waals surface area contributed by atoms with Gasteiger partial charge >= 0.3 is 0 Å². The first kappa shape index (κ1) is 30.7. The number of anilines is 3. The van der Waals surface area contributed by atoms with E-state index in [0.717, 1.165) is 36.3 Å². The number of hydrogen-bond acceptors (Lipinski definition) is 1. The molecule has 0 spiro atoms. The molecule has 7 aromatic rings. The summed E-state index contributed by atoms with van der Waals surface area (Å²) in [6.45, 7) is 2.34. The van der Waals surface area contributed by atoms with Crippen molar-refractivity contribution in [2.45, 2.75) is 31.6 Å². The topological polar surface area (TPSA) is 8.17 Å². The van der Waals surface area contributed by atoms with Gasteiger partial charge in [0, 0.05) is 33.5 Å². The van der Waals surface area contributed by atoms with Crippen molar-refractivity contribution in [3.05, 3.63) is 204 Å². The zero-order valence-corrected chi connectivity index (χ0v) is 29.4. The van der Waals surface area contributed by atoms with Crippen molar-refractivity contribution in [3.8, 4) is 11.1 Å². The van der Waals surface area contributed by atoms with Crippen molar-refractivity contribution in [2.75, 3.05) is 4.90 Å². The molecule has 2 heteroatoms. The van der Waals surface area contributed by atoms with E-state index in [4.69, 9.17) is 0 Å². The molecular formula is C50H40N2. The summed E-state index contributed by atoms with van der Waals surface area (Å²) in [5.41, 5.74) is 15.0. The molecule has 0 amide bonds. The Balaban J connectivity index is 1.22. The molecular weight excluding hydrogens is 629 g/mol. The van der Waals surface area contributed by atoms with Crippen molar-refractivity contribution in [1.82, 2.24) is 4.57 Å². The molecule has 6 aromatic carbocycles. The summed E-state index contributed by atoms with van der Waals surface area (Å²) in [4.78, 5) is 2.45. The van der Waals surface area contributed by atoms with Crippen LogP contribution in [0.1, 0.15) is 42.9 Å². The lowest BCUT2D eigenvalue weighted by atomic mass is 9.64. The van der Waals surface area contributed by atoms with Crippen LogP contribution in [0, 0.1) is 5.92 Å². The molecule has 1 heterocycles. The van der Waals surface area contributed by atoms with Crippen LogP contribution in [-0.4, -0.2) is 4.57 Å². The van der Waals surface area contributed by atoms with E-state index in [1.54, 1.807) is 0 Å². The lowest BCUT2D eigenvalue weighted by Crippen LogP contribution is -2.31. The predicted octanol–water partition coefficient (Wildman–Crippen LogP) is 13.3. The Hall–Kier alpha value is -6.12. The van der Waals surface area contributed by atoms with Gasteiger partial charge in [0.1, 0.15) is 0 Å². The number of aromatic nitrogens is 1. The number of para-hydroxylation sites is 2. The summed E-state index contributed by atoms with van der Waals surface area (Å²) < 4.78 is 2.47. The molecule has 3 aliphatic rings. The first-order valence-electron chi connectivity index (χ1n) is 18.6. The Labute approximate surface area is 306 Å². The summed E-state index contributed by atoms with van der Waals surface area (Å²) >= 11 is 0. The molecule has 0 fully saturated rings. The fourth-order valence-corrected chi connectivity index (χ4v) is 9.27. The van der Waals surface area contributed by atoms with Crippen LogP contribution in [0.15, 0.2) is 188 Å². The standard InChI is InChI=1S/C50H40N2/c1-35-16-15-19-37(32-35)50(36-17-5-2-6-18-36)46-26-13-11-24-42(46)43-30-28-41(34-47(43)50)51(38-20-7-3-8-21-38)40-29-31-49-45(33-40)44-25-12-14-27-48(44)52(49)39-22-9-4-10-23-39/h2-9,11-22,24-31,33-35H,10,23,32H2,1H3. The molecule has 1 aromatic heterocycles. The number of rotatable bonds is 6. The monoisotopic (exact) mass is 668 g/mol. The lowest BCUT2D eigenvalue weighted by molar-refractivity contribution is 0.615. The highest BCUT2D eigenvalue weighted by Gasteiger charge is 2.47. The van der Waals surface area contributed by atoms with Crippen molar-refractivity contribution in [3.63, 3.8) is 0 Å². The fourth-order valence-electron chi connectivity index (χ4n) is 9.27. The molecule has 10 rings (SSSR count). The lowest BCUT2D eigenvalue weighted by Gasteiger charge is -2.38. The van der Waals surface area contributed by atoms with Crippen LogP contribution in [0.2, 0.25) is 0 Å². The third-order valence-electron chi connectivity index (χ3n) is 11.5. The van der Waals surface area contributed by atoms with E-state index in [9.17, 15) is 0 Å². The molecule has 0 radical (unpaired) electrons. The zero-order chi connectivity index (χ0) is 34.6. The molecule has 0 bridgehead atoms. The minimum absolute atomic E-state index is 0.399. The van der Waals surface area contributed by atoms with Gasteiger partial charge in [-0.15, -0.1) is 0 Å². The number of nitrogens with zero attached hydrogens (tertiary/aromatic N) is 2. The van der Waals surface area contributed by atoms with Gasteiger partial charge in [-0.05, 0) is 108 Å². The first-order valence-corrected chi connectivity index (χ1v) is 18.6. The van der Waals surface area contributed by atoms with Gasteiger partial charge in [-0.3, -0.25) is 0 Å². The van der Waals surface area contributed by atoms with E-state index in [1.165, 1.54) is 60.9 Å². The van der Waals surface area contributed by atoms with Gasteiger partial charge in [-0.1, -0.05) is 140 Å². The van der Waals surface area contributed by atoms with Crippen molar-refractivity contribution < 1.29 is 0 Å². The normalized spacial score (nSPS) is 19.0. The maximum atomic E-state index is 2.49. The van der Waals surface area contributed by atoms with Crippen molar-refractivity contribution in [2.24, 2.45) is 5.92 Å². The average Bonchev–Trinajstić information content (AvgIpc) is 3.69. The van der Waals surface area contributed by atoms with Gasteiger partial charge in [0.25, 0.3) is 0 Å². The Kier molecular flexibility index (Phi) is 7.25. The minimum atomic E-state index is -0.399. The number of fused-ring (bicyclic) bond motifs is 6. The molecule has 0 saturated carbocycles. The Morgan fingerprint density at radius 2 is 1.31 bits per heavy atom. The molecule has 0 saturated heterocycles. The van der Waals surface area contributed by atoms with Gasteiger partial charge in [0.2, 0.25) is 0 Å². The molecule has 0 aliphatic heterocycles. The Morgan fingerprint density at radius 3 is 2.13 bits per heavy atom. The molecule has 3 aliphatic carbocycles. The van der Waals surface area contributed by atoms with E-state index in [1.807, 2.05) is 0 Å². The van der Waals surface area contributed by atoms with Crippen LogP contribution < -0.4 is 4.90 Å². The third-order valence-corrected chi connectivity index (χ3v) is 11.5. The van der Waals surface area contributed by atoms with Crippen LogP contribution in [0.3, 0.4) is 0 Å². The SMILES string of the molecule is CC1C=CC=C(C2(c3ccccc3)c3ccccc3-c3ccc(N(c4ccccc4)c4ccc5c(c4)c4ccccc4n5C4=CC=CCC4)cc32)C1. The largest absolute Gasteiger partial charge is 0.313 e. The van der Waals surface area contributed by atoms with E-state index in [2.05, 4.69) is 198 Å². The van der Waals surface area contributed by atoms with Crippen LogP contribution in [0.5, 0.6) is 0 Å². The van der Waals surface area contributed by atoms with E-state index >= 15 is 0 Å². The second-order valence-corrected chi connectivity index (χ2v) is 14.5. The highest BCUT2D eigenvalue weighted by molar-refractivity contribution is 6.11. The quantitative estimate of drug-likeness (QED) is 0.171. The summed E-state index contributed by atoms with van der Waals surface area (Å²) in [5, 5.41) is 2.55. The second-order valence-electron chi connectivity index (χ2n) is 14.5. The third kappa shape index (κ3) is 4.64. The minimum Gasteiger partial charge on any atom is -0.313 e. The predicted molar refractivity (Wildman–Crippen MR) is 220 cm³/mol. The van der Waals surface area contributed by atoms with Crippen LogP contribution in [0.25, 0.3) is 38.6 Å². The maximum absolute atomic E-state index is 2.49. The van der Waals surface area contributed by atoms with Crippen molar-refractivity contribution >= 4 is 44.6 Å². The molecule has 2 unspecified atom stereocenters. The summed E-state index contributed by atoms with van der Waals surface area (Å²) in [6.07, 6.45) is 16.9. The molecule has 2 atom stereocenters. The molecule has 0 N–H and O–H groups in total. The Morgan fingerprint density at radius 1 is 0.596 bits per heavy atom. The zero-order valence-electron chi connectivity index (χ0n) is 29.4. The van der Waals surface area contributed by atoms with Gasteiger partial charge in [-0.2, -0.15) is 0 Å². The van der Waals surface area contributed by atoms with E-state index < -0.39 is 5.41 Å². The molecule has 2 nitrogen and oxygen atoms in total. The molecule has 250 valence electrons. The smallest absolute Gasteiger partial charge is 0.0677 e. The van der Waals surface area contributed by atoms with Gasteiger partial charge in [-0.25, -0.2) is 0 Å². The fraction of sp³-hybridized carbons (Fsp3) is 0.120. The number of benzene rings is 6. The van der Waals surface area contributed by atoms with Crippen LogP contribution in [0.4, 0.5) is 17.1 Å². The average molecular weight is 669 g/mol.